The lowest BCUT2D eigenvalue weighted by Gasteiger charge is -2.17. The number of imide groups is 2. The maximum Gasteiger partial charge on any atom is 0.334 e. The van der Waals surface area contributed by atoms with Crippen molar-refractivity contribution in [3.8, 4) is 0 Å². The second kappa shape index (κ2) is 7.29. The second-order valence-electron chi connectivity index (χ2n) is 5.92. The predicted molar refractivity (Wildman–Crippen MR) is 85.1 cm³/mol. The van der Waals surface area contributed by atoms with E-state index in [1.54, 1.807) is 0 Å². The van der Waals surface area contributed by atoms with E-state index in [4.69, 9.17) is 0 Å². The molecule has 3 rings (SSSR count). The zero-order valence-corrected chi connectivity index (χ0v) is 13.6. The number of carbonyl (C=O) groups is 4. The van der Waals surface area contributed by atoms with Crippen molar-refractivity contribution in [3.05, 3.63) is 24.0 Å². The Morgan fingerprint density at radius 1 is 1.20 bits per heavy atom. The molecule has 0 spiro atoms. The van der Waals surface area contributed by atoms with Gasteiger partial charge in [-0.3, -0.25) is 19.3 Å². The molecule has 9 nitrogen and oxygen atoms in total. The third-order valence-electron chi connectivity index (χ3n) is 4.18. The number of urea groups is 1. The minimum Gasteiger partial charge on any atom is -0.363 e. The van der Waals surface area contributed by atoms with Crippen molar-refractivity contribution < 1.29 is 23.7 Å². The highest BCUT2D eigenvalue weighted by atomic mass is 16.5. The Kier molecular flexibility index (Phi) is 4.92. The van der Waals surface area contributed by atoms with E-state index in [1.165, 1.54) is 17.9 Å². The molecule has 1 aromatic heterocycles. The maximum atomic E-state index is 12.3. The fraction of sp³-hybridized carbons (Fsp3) is 0.438. The summed E-state index contributed by atoms with van der Waals surface area (Å²) in [7, 11) is 0. The quantitative estimate of drug-likeness (QED) is 0.472. The number of carbonyl (C=O) groups excluding carboxylic acids is 4. The standard InChI is InChI=1S/C16H18N4O5/c21-13(17-12-7-9-25-18-12)10-20-15(23)14(22)19(16(20)24)8-6-11-4-2-1-3-5-11/h4,7,9H,1-3,5-6,8,10H2,(H,17,18,21). The molecule has 2 aliphatic rings. The molecular formula is C16H18N4O5. The van der Waals surface area contributed by atoms with E-state index in [1.807, 2.05) is 0 Å². The van der Waals surface area contributed by atoms with Gasteiger partial charge < -0.3 is 9.84 Å². The maximum absolute atomic E-state index is 12.3. The van der Waals surface area contributed by atoms with Gasteiger partial charge >= 0.3 is 17.8 Å². The van der Waals surface area contributed by atoms with Gasteiger partial charge in [-0.1, -0.05) is 16.8 Å². The summed E-state index contributed by atoms with van der Waals surface area (Å²) < 4.78 is 4.57. The Hall–Kier alpha value is -2.97. The summed E-state index contributed by atoms with van der Waals surface area (Å²) in [6.45, 7) is -0.397. The van der Waals surface area contributed by atoms with Crippen molar-refractivity contribution in [1.82, 2.24) is 15.0 Å². The van der Waals surface area contributed by atoms with Crippen LogP contribution in [0.1, 0.15) is 32.1 Å². The van der Waals surface area contributed by atoms with Crippen molar-refractivity contribution in [3.63, 3.8) is 0 Å². The molecule has 0 saturated carbocycles. The third-order valence-corrected chi connectivity index (χ3v) is 4.18. The van der Waals surface area contributed by atoms with Gasteiger partial charge in [0.1, 0.15) is 12.8 Å². The molecule has 1 aliphatic heterocycles. The van der Waals surface area contributed by atoms with Crippen LogP contribution in [-0.4, -0.2) is 51.8 Å². The fourth-order valence-corrected chi connectivity index (χ4v) is 2.88. The van der Waals surface area contributed by atoms with Gasteiger partial charge in [0.05, 0.1) is 0 Å². The molecule has 9 heteroatoms. The smallest absolute Gasteiger partial charge is 0.334 e. The molecule has 0 radical (unpaired) electrons. The Balaban J connectivity index is 1.58. The lowest BCUT2D eigenvalue weighted by atomic mass is 9.97. The van der Waals surface area contributed by atoms with Gasteiger partial charge in [-0.25, -0.2) is 9.69 Å². The Bertz CT molecular complexity index is 725. The molecule has 0 atom stereocenters. The fourth-order valence-electron chi connectivity index (χ4n) is 2.88. The first-order chi connectivity index (χ1) is 12.1. The summed E-state index contributed by atoms with van der Waals surface area (Å²) in [4.78, 5) is 49.8. The molecule has 1 aromatic rings. The van der Waals surface area contributed by atoms with Crippen LogP contribution in [0.2, 0.25) is 0 Å². The molecule has 132 valence electrons. The largest absolute Gasteiger partial charge is 0.363 e. The summed E-state index contributed by atoms with van der Waals surface area (Å²) in [6.07, 6.45) is 8.16. The van der Waals surface area contributed by atoms with E-state index < -0.39 is 30.3 Å². The molecule has 0 aromatic carbocycles. The SMILES string of the molecule is O=C(CN1C(=O)C(=O)N(CCC2=CCCCC2)C1=O)Nc1ccon1. The lowest BCUT2D eigenvalue weighted by molar-refractivity contribution is -0.143. The lowest BCUT2D eigenvalue weighted by Crippen LogP contribution is -2.39. The van der Waals surface area contributed by atoms with E-state index in [9.17, 15) is 19.2 Å². The first-order valence-electron chi connectivity index (χ1n) is 8.11. The molecular weight excluding hydrogens is 328 g/mol. The minimum absolute atomic E-state index is 0.149. The van der Waals surface area contributed by atoms with Crippen LogP contribution in [0.4, 0.5) is 10.6 Å². The number of allylic oxidation sites excluding steroid dienone is 1. The van der Waals surface area contributed by atoms with Crippen molar-refractivity contribution >= 4 is 29.6 Å². The molecule has 1 aliphatic carbocycles. The van der Waals surface area contributed by atoms with E-state index in [0.29, 0.717) is 11.3 Å². The average Bonchev–Trinajstić information content (AvgIpc) is 3.18. The Labute approximate surface area is 143 Å². The zero-order chi connectivity index (χ0) is 17.8. The molecule has 1 fully saturated rings. The predicted octanol–water partition coefficient (Wildman–Crippen LogP) is 1.29. The molecule has 5 amide bonds. The number of amides is 5. The first kappa shape index (κ1) is 16.9. The van der Waals surface area contributed by atoms with Crippen LogP contribution in [0.15, 0.2) is 28.5 Å². The van der Waals surface area contributed by atoms with Crippen LogP contribution in [-0.2, 0) is 14.4 Å². The van der Waals surface area contributed by atoms with Crippen molar-refractivity contribution in [2.45, 2.75) is 32.1 Å². The molecule has 1 N–H and O–H groups in total. The van der Waals surface area contributed by atoms with Crippen molar-refractivity contribution in [2.24, 2.45) is 0 Å². The van der Waals surface area contributed by atoms with Crippen LogP contribution in [0.5, 0.6) is 0 Å². The number of rotatable bonds is 6. The number of nitrogens with one attached hydrogen (secondary N) is 1. The summed E-state index contributed by atoms with van der Waals surface area (Å²) in [5.41, 5.74) is 1.20. The summed E-state index contributed by atoms with van der Waals surface area (Å²) in [5, 5.41) is 5.88. The van der Waals surface area contributed by atoms with Gasteiger partial charge in [0.2, 0.25) is 5.91 Å². The van der Waals surface area contributed by atoms with Crippen LogP contribution < -0.4 is 5.32 Å². The number of nitrogens with zero attached hydrogens (tertiary/aromatic N) is 3. The van der Waals surface area contributed by atoms with E-state index in [2.05, 4.69) is 21.1 Å². The third kappa shape index (κ3) is 3.76. The molecule has 25 heavy (non-hydrogen) atoms. The number of aromatic nitrogens is 1. The first-order valence-corrected chi connectivity index (χ1v) is 8.11. The highest BCUT2D eigenvalue weighted by Gasteiger charge is 2.44. The van der Waals surface area contributed by atoms with Gasteiger partial charge in [0.15, 0.2) is 5.82 Å². The molecule has 0 unspecified atom stereocenters. The van der Waals surface area contributed by atoms with E-state index in [-0.39, 0.29) is 12.4 Å². The topological polar surface area (TPSA) is 113 Å². The Morgan fingerprint density at radius 2 is 2.00 bits per heavy atom. The van der Waals surface area contributed by atoms with Gasteiger partial charge in [-0.15, -0.1) is 0 Å². The highest BCUT2D eigenvalue weighted by molar-refractivity contribution is 6.45. The van der Waals surface area contributed by atoms with Crippen molar-refractivity contribution in [1.29, 1.82) is 0 Å². The van der Waals surface area contributed by atoms with Gasteiger partial charge in [0.25, 0.3) is 0 Å². The average molecular weight is 346 g/mol. The number of anilines is 1. The van der Waals surface area contributed by atoms with E-state index in [0.717, 1.165) is 30.6 Å². The van der Waals surface area contributed by atoms with Gasteiger partial charge in [-0.05, 0) is 32.1 Å². The van der Waals surface area contributed by atoms with Crippen LogP contribution in [0.3, 0.4) is 0 Å². The van der Waals surface area contributed by atoms with E-state index >= 15 is 0 Å². The van der Waals surface area contributed by atoms with Crippen LogP contribution >= 0.6 is 0 Å². The second-order valence-corrected chi connectivity index (χ2v) is 5.92. The highest BCUT2D eigenvalue weighted by Crippen LogP contribution is 2.22. The van der Waals surface area contributed by atoms with Gasteiger partial charge in [0, 0.05) is 12.6 Å². The molecule has 0 bridgehead atoms. The molecule has 1 saturated heterocycles. The normalized spacial score (nSPS) is 17.9. The number of hydrogen-bond acceptors (Lipinski definition) is 6. The summed E-state index contributed by atoms with van der Waals surface area (Å²) in [6, 6.07) is 0.655. The van der Waals surface area contributed by atoms with Crippen LogP contribution in [0.25, 0.3) is 0 Å². The van der Waals surface area contributed by atoms with Crippen LogP contribution in [0, 0.1) is 0 Å². The monoisotopic (exact) mass is 346 g/mol. The zero-order valence-electron chi connectivity index (χ0n) is 13.6. The Morgan fingerprint density at radius 3 is 2.68 bits per heavy atom. The number of hydrogen-bond donors (Lipinski definition) is 1. The van der Waals surface area contributed by atoms with Gasteiger partial charge in [-0.2, -0.15) is 0 Å². The molecule has 2 heterocycles. The van der Waals surface area contributed by atoms with Crippen molar-refractivity contribution in [2.75, 3.05) is 18.4 Å². The summed E-state index contributed by atoms with van der Waals surface area (Å²) in [5.74, 6) is -2.36. The minimum atomic E-state index is -0.988. The summed E-state index contributed by atoms with van der Waals surface area (Å²) >= 11 is 0.